The normalized spacial score (nSPS) is 13.4. The molecule has 32 heavy (non-hydrogen) atoms. The lowest BCUT2D eigenvalue weighted by molar-refractivity contribution is -0.139. The Kier molecular flexibility index (Phi) is 6.16. The Bertz CT molecular complexity index is 1330. The Hall–Kier alpha value is -3.36. The summed E-state index contributed by atoms with van der Waals surface area (Å²) in [5, 5.41) is 0.500. The molecule has 1 aliphatic heterocycles. The quantitative estimate of drug-likeness (QED) is 0.430. The van der Waals surface area contributed by atoms with Crippen LogP contribution in [0.25, 0.3) is 22.6 Å². The van der Waals surface area contributed by atoms with Crippen molar-refractivity contribution in [2.75, 3.05) is 19.1 Å². The van der Waals surface area contributed by atoms with E-state index in [0.717, 1.165) is 4.47 Å². The van der Waals surface area contributed by atoms with Gasteiger partial charge >= 0.3 is 11.9 Å². The van der Waals surface area contributed by atoms with Gasteiger partial charge in [-0.1, -0.05) is 33.6 Å². The van der Waals surface area contributed by atoms with Crippen LogP contribution in [0.2, 0.25) is 5.02 Å². The lowest BCUT2D eigenvalue weighted by Crippen LogP contribution is -2.26. The van der Waals surface area contributed by atoms with Crippen molar-refractivity contribution in [2.24, 2.45) is 0 Å². The minimum atomic E-state index is -0.691. The molecular formula is C23H16BrClN2O5. The molecule has 0 saturated carbocycles. The van der Waals surface area contributed by atoms with E-state index in [1.165, 1.54) is 25.2 Å². The Morgan fingerprint density at radius 3 is 2.59 bits per heavy atom. The van der Waals surface area contributed by atoms with Crippen molar-refractivity contribution in [1.82, 2.24) is 4.98 Å². The molecule has 0 unspecified atom stereocenters. The molecule has 162 valence electrons. The first-order chi connectivity index (χ1) is 15.4. The molecular weight excluding hydrogens is 500 g/mol. The van der Waals surface area contributed by atoms with Crippen LogP contribution in [0.4, 0.5) is 5.69 Å². The molecule has 0 spiro atoms. The highest BCUT2D eigenvalue weighted by atomic mass is 79.9. The highest BCUT2D eigenvalue weighted by Gasteiger charge is 2.28. The smallest absolute Gasteiger partial charge is 0.355 e. The van der Waals surface area contributed by atoms with Gasteiger partial charge in [0.1, 0.15) is 11.2 Å². The predicted molar refractivity (Wildman–Crippen MR) is 124 cm³/mol. The van der Waals surface area contributed by atoms with Gasteiger partial charge in [-0.05, 0) is 48.6 Å². The first kappa shape index (κ1) is 21.9. The standard InChI is InChI=1S/C23H16BrClN2O5/c1-30-22(28)15-5-3-4-10-27(20(15)23(29)31-2)14-7-9-19-18(12-14)26-21(32-19)16-11-13(24)6-8-17(16)25/h3-12H,1-2H3. The number of benzene rings is 2. The lowest BCUT2D eigenvalue weighted by Gasteiger charge is -2.22. The maximum Gasteiger partial charge on any atom is 0.355 e. The number of carbonyl (C=O) groups is 2. The summed E-state index contributed by atoms with van der Waals surface area (Å²) in [6, 6.07) is 10.6. The molecule has 0 atom stereocenters. The zero-order valence-corrected chi connectivity index (χ0v) is 19.3. The summed E-state index contributed by atoms with van der Waals surface area (Å²) in [6.45, 7) is 0. The number of oxazole rings is 1. The van der Waals surface area contributed by atoms with Gasteiger partial charge in [0, 0.05) is 16.4 Å². The SMILES string of the molecule is COC(=O)C1=C(C(=O)OC)N(c2ccc3oc(-c4cc(Br)ccc4Cl)nc3c2)C=CC=C1. The van der Waals surface area contributed by atoms with Gasteiger partial charge < -0.3 is 18.8 Å². The van der Waals surface area contributed by atoms with Crippen molar-refractivity contribution in [1.29, 1.82) is 0 Å². The number of rotatable bonds is 4. The van der Waals surface area contributed by atoms with Gasteiger partial charge in [0.2, 0.25) is 5.89 Å². The number of allylic oxidation sites excluding steroid dienone is 2. The number of esters is 2. The van der Waals surface area contributed by atoms with E-state index in [-0.39, 0.29) is 11.3 Å². The van der Waals surface area contributed by atoms with Crippen LogP contribution in [-0.2, 0) is 19.1 Å². The molecule has 2 heterocycles. The van der Waals surface area contributed by atoms with Crippen LogP contribution in [0.15, 0.2) is 81.0 Å². The second kappa shape index (κ2) is 9.02. The number of nitrogens with zero attached hydrogens (tertiary/aromatic N) is 2. The minimum Gasteiger partial charge on any atom is -0.465 e. The van der Waals surface area contributed by atoms with Crippen molar-refractivity contribution in [3.05, 3.63) is 81.6 Å². The summed E-state index contributed by atoms with van der Waals surface area (Å²) in [4.78, 5) is 31.0. The lowest BCUT2D eigenvalue weighted by atomic mass is 10.1. The number of aromatic nitrogens is 1. The van der Waals surface area contributed by atoms with Gasteiger partial charge in [-0.15, -0.1) is 0 Å². The van der Waals surface area contributed by atoms with Crippen LogP contribution in [0.5, 0.6) is 0 Å². The molecule has 0 radical (unpaired) electrons. The van der Waals surface area contributed by atoms with Crippen molar-refractivity contribution in [2.45, 2.75) is 0 Å². The first-order valence-electron chi connectivity index (χ1n) is 9.34. The molecule has 4 rings (SSSR count). The molecule has 0 aliphatic carbocycles. The first-order valence-corrected chi connectivity index (χ1v) is 10.5. The number of hydrogen-bond donors (Lipinski definition) is 0. The van der Waals surface area contributed by atoms with E-state index < -0.39 is 11.9 Å². The third-order valence-electron chi connectivity index (χ3n) is 4.70. The fourth-order valence-corrected chi connectivity index (χ4v) is 3.77. The predicted octanol–water partition coefficient (Wildman–Crippen LogP) is 5.40. The number of ether oxygens (including phenoxy) is 2. The summed E-state index contributed by atoms with van der Waals surface area (Å²) >= 11 is 9.74. The second-order valence-corrected chi connectivity index (χ2v) is 7.93. The van der Waals surface area contributed by atoms with Crippen LogP contribution in [0.3, 0.4) is 0 Å². The maximum absolute atomic E-state index is 12.6. The van der Waals surface area contributed by atoms with Crippen LogP contribution in [0, 0.1) is 0 Å². The molecule has 1 aliphatic rings. The molecule has 2 aromatic carbocycles. The van der Waals surface area contributed by atoms with Crippen LogP contribution < -0.4 is 4.90 Å². The van der Waals surface area contributed by atoms with Crippen molar-refractivity contribution >= 4 is 56.3 Å². The molecule has 0 amide bonds. The highest BCUT2D eigenvalue weighted by molar-refractivity contribution is 9.10. The number of methoxy groups -OCH3 is 2. The summed E-state index contributed by atoms with van der Waals surface area (Å²) in [7, 11) is 2.49. The number of carbonyl (C=O) groups excluding carboxylic acids is 2. The van der Waals surface area contributed by atoms with E-state index in [2.05, 4.69) is 20.9 Å². The highest BCUT2D eigenvalue weighted by Crippen LogP contribution is 2.34. The van der Waals surface area contributed by atoms with Gasteiger partial charge in [-0.25, -0.2) is 14.6 Å². The van der Waals surface area contributed by atoms with Crippen LogP contribution in [0.1, 0.15) is 0 Å². The minimum absolute atomic E-state index is 0.0162. The molecule has 0 fully saturated rings. The molecule has 3 aromatic rings. The van der Waals surface area contributed by atoms with Crippen molar-refractivity contribution < 1.29 is 23.5 Å². The largest absolute Gasteiger partial charge is 0.465 e. The number of fused-ring (bicyclic) bond motifs is 1. The van der Waals surface area contributed by atoms with Gasteiger partial charge in [0.25, 0.3) is 0 Å². The fraction of sp³-hybridized carbons (Fsp3) is 0.0870. The van der Waals surface area contributed by atoms with E-state index in [0.29, 0.717) is 33.3 Å². The average Bonchev–Trinajstić information content (AvgIpc) is 3.10. The van der Waals surface area contributed by atoms with Crippen molar-refractivity contribution in [3.63, 3.8) is 0 Å². The average molecular weight is 516 g/mol. The summed E-state index contributed by atoms with van der Waals surface area (Å²) in [6.07, 6.45) is 6.47. The molecule has 0 N–H and O–H groups in total. The van der Waals surface area contributed by atoms with E-state index in [1.54, 1.807) is 42.6 Å². The third kappa shape index (κ3) is 4.06. The third-order valence-corrected chi connectivity index (χ3v) is 5.52. The van der Waals surface area contributed by atoms with Gasteiger partial charge in [0.05, 0.1) is 30.4 Å². The van der Waals surface area contributed by atoms with Crippen LogP contribution in [-0.4, -0.2) is 31.1 Å². The van der Waals surface area contributed by atoms with E-state index >= 15 is 0 Å². The molecule has 7 nitrogen and oxygen atoms in total. The van der Waals surface area contributed by atoms with Gasteiger partial charge in [-0.3, -0.25) is 0 Å². The summed E-state index contributed by atoms with van der Waals surface area (Å²) in [5.41, 5.74) is 2.37. The molecule has 9 heteroatoms. The Labute approximate surface area is 196 Å². The summed E-state index contributed by atoms with van der Waals surface area (Å²) < 4.78 is 16.5. The summed E-state index contributed by atoms with van der Waals surface area (Å²) in [5.74, 6) is -0.997. The zero-order valence-electron chi connectivity index (χ0n) is 17.0. The number of anilines is 1. The number of hydrogen-bond acceptors (Lipinski definition) is 7. The van der Waals surface area contributed by atoms with Gasteiger partial charge in [-0.2, -0.15) is 0 Å². The molecule has 1 aromatic heterocycles. The topological polar surface area (TPSA) is 81.9 Å². The Balaban J connectivity index is 1.84. The Morgan fingerprint density at radius 2 is 1.84 bits per heavy atom. The monoisotopic (exact) mass is 514 g/mol. The fourth-order valence-electron chi connectivity index (χ4n) is 3.21. The van der Waals surface area contributed by atoms with E-state index in [4.69, 9.17) is 25.5 Å². The van der Waals surface area contributed by atoms with E-state index in [9.17, 15) is 9.59 Å². The maximum atomic E-state index is 12.6. The molecule has 0 saturated heterocycles. The number of halogens is 2. The zero-order chi connectivity index (χ0) is 22.8. The second-order valence-electron chi connectivity index (χ2n) is 6.61. The van der Waals surface area contributed by atoms with Crippen molar-refractivity contribution in [3.8, 4) is 11.5 Å². The van der Waals surface area contributed by atoms with E-state index in [1.807, 2.05) is 12.1 Å². The van der Waals surface area contributed by atoms with Crippen LogP contribution >= 0.6 is 27.5 Å². The van der Waals surface area contributed by atoms with Gasteiger partial charge in [0.15, 0.2) is 5.58 Å². The molecule has 0 bridgehead atoms. The Morgan fingerprint density at radius 1 is 1.06 bits per heavy atom.